The van der Waals surface area contributed by atoms with Gasteiger partial charge in [-0.2, -0.15) is 0 Å². The quantitative estimate of drug-likeness (QED) is 0.275. The first kappa shape index (κ1) is 22.1. The van der Waals surface area contributed by atoms with Crippen LogP contribution in [0.5, 0.6) is 11.5 Å². The Bertz CT molecular complexity index is 885. The van der Waals surface area contributed by atoms with Gasteiger partial charge in [-0.05, 0) is 23.3 Å². The summed E-state index contributed by atoms with van der Waals surface area (Å²) in [4.78, 5) is 0. The van der Waals surface area contributed by atoms with E-state index in [0.29, 0.717) is 11.5 Å². The first-order valence-electron chi connectivity index (χ1n) is 9.55. The molecule has 0 fully saturated rings. The molecule has 7 heteroatoms. The predicted octanol–water partition coefficient (Wildman–Crippen LogP) is 5.63. The standard InChI is InChI=1S/C23H25O6P/c1-25-22-13-8-14-23(17-22)26-15-16-27-30(24,28-18-20-9-4-2-5-10-20)29-19-21-11-6-3-7-12-21/h2-14,17H,15-16,18-19H2,1H3. The monoisotopic (exact) mass is 428 g/mol. The Kier molecular flexibility index (Phi) is 8.48. The van der Waals surface area contributed by atoms with Crippen LogP contribution in [0.25, 0.3) is 0 Å². The van der Waals surface area contributed by atoms with Crippen LogP contribution in [0.1, 0.15) is 11.1 Å². The van der Waals surface area contributed by atoms with Crippen molar-refractivity contribution in [1.82, 2.24) is 0 Å². The summed E-state index contributed by atoms with van der Waals surface area (Å²) in [5, 5.41) is 0. The molecule has 0 N–H and O–H groups in total. The molecular formula is C23H25O6P. The second-order valence-electron chi connectivity index (χ2n) is 6.33. The summed E-state index contributed by atoms with van der Waals surface area (Å²) >= 11 is 0. The van der Waals surface area contributed by atoms with Crippen molar-refractivity contribution in [3.63, 3.8) is 0 Å². The third-order valence-electron chi connectivity index (χ3n) is 4.11. The Hall–Kier alpha value is -2.63. The van der Waals surface area contributed by atoms with Crippen molar-refractivity contribution in [2.75, 3.05) is 20.3 Å². The zero-order valence-electron chi connectivity index (χ0n) is 16.8. The van der Waals surface area contributed by atoms with Crippen molar-refractivity contribution >= 4 is 7.82 Å². The summed E-state index contributed by atoms with van der Waals surface area (Å²) in [5.74, 6) is 1.32. The van der Waals surface area contributed by atoms with E-state index in [0.717, 1.165) is 11.1 Å². The van der Waals surface area contributed by atoms with Gasteiger partial charge in [0.25, 0.3) is 0 Å². The maximum absolute atomic E-state index is 13.1. The second kappa shape index (κ2) is 11.5. The summed E-state index contributed by atoms with van der Waals surface area (Å²) in [6.45, 7) is 0.450. The van der Waals surface area contributed by atoms with Crippen LogP contribution in [-0.2, 0) is 31.4 Å². The van der Waals surface area contributed by atoms with Crippen LogP contribution in [0.15, 0.2) is 84.9 Å². The van der Waals surface area contributed by atoms with E-state index in [2.05, 4.69) is 0 Å². The topological polar surface area (TPSA) is 63.2 Å². The van der Waals surface area contributed by atoms with Crippen LogP contribution in [-0.4, -0.2) is 20.3 Å². The zero-order valence-corrected chi connectivity index (χ0v) is 17.7. The molecule has 0 saturated carbocycles. The van der Waals surface area contributed by atoms with Crippen LogP contribution >= 0.6 is 7.82 Å². The van der Waals surface area contributed by atoms with Gasteiger partial charge in [-0.15, -0.1) is 0 Å². The minimum absolute atomic E-state index is 0.0397. The number of hydrogen-bond donors (Lipinski definition) is 0. The van der Waals surface area contributed by atoms with E-state index < -0.39 is 7.82 Å². The first-order chi connectivity index (χ1) is 14.7. The summed E-state index contributed by atoms with van der Waals surface area (Å²) in [6, 6.07) is 26.1. The van der Waals surface area contributed by atoms with E-state index in [9.17, 15) is 4.57 Å². The Labute approximate surface area is 176 Å². The fraction of sp³-hybridized carbons (Fsp3) is 0.217. The molecule has 3 aromatic rings. The van der Waals surface area contributed by atoms with Crippen LogP contribution in [0.3, 0.4) is 0 Å². The Morgan fingerprint density at radius 2 is 1.23 bits per heavy atom. The number of ether oxygens (including phenoxy) is 2. The zero-order chi connectivity index (χ0) is 21.1. The molecule has 0 aliphatic carbocycles. The van der Waals surface area contributed by atoms with Gasteiger partial charge in [-0.25, -0.2) is 4.57 Å². The smallest absolute Gasteiger partial charge is 0.475 e. The van der Waals surface area contributed by atoms with Gasteiger partial charge in [0, 0.05) is 6.07 Å². The van der Waals surface area contributed by atoms with Gasteiger partial charge < -0.3 is 9.47 Å². The summed E-state index contributed by atoms with van der Waals surface area (Å²) in [6.07, 6.45) is 0. The van der Waals surface area contributed by atoms with E-state index in [-0.39, 0.29) is 26.4 Å². The van der Waals surface area contributed by atoms with Gasteiger partial charge >= 0.3 is 7.82 Å². The number of rotatable bonds is 12. The maximum atomic E-state index is 13.1. The molecule has 30 heavy (non-hydrogen) atoms. The van der Waals surface area contributed by atoms with Crippen LogP contribution in [0.2, 0.25) is 0 Å². The van der Waals surface area contributed by atoms with Gasteiger partial charge in [0.15, 0.2) is 0 Å². The van der Waals surface area contributed by atoms with Crippen molar-refractivity contribution in [3.05, 3.63) is 96.1 Å². The Morgan fingerprint density at radius 3 is 1.80 bits per heavy atom. The minimum atomic E-state index is -3.79. The predicted molar refractivity (Wildman–Crippen MR) is 115 cm³/mol. The Balaban J connectivity index is 1.55. The molecule has 3 aromatic carbocycles. The lowest BCUT2D eigenvalue weighted by atomic mass is 10.2. The molecule has 0 atom stereocenters. The normalized spacial score (nSPS) is 11.2. The lowest BCUT2D eigenvalue weighted by molar-refractivity contribution is 0.0910. The summed E-state index contributed by atoms with van der Waals surface area (Å²) in [7, 11) is -2.20. The minimum Gasteiger partial charge on any atom is -0.497 e. The van der Waals surface area contributed by atoms with E-state index in [1.807, 2.05) is 72.8 Å². The maximum Gasteiger partial charge on any atom is 0.475 e. The highest BCUT2D eigenvalue weighted by Crippen LogP contribution is 2.50. The number of benzene rings is 3. The van der Waals surface area contributed by atoms with E-state index in [4.69, 9.17) is 23.0 Å². The van der Waals surface area contributed by atoms with E-state index >= 15 is 0 Å². The molecule has 0 amide bonds. The highest BCUT2D eigenvalue weighted by molar-refractivity contribution is 7.48. The molecule has 158 valence electrons. The molecule has 0 aliphatic rings. The van der Waals surface area contributed by atoms with Gasteiger partial charge in [0.2, 0.25) is 0 Å². The number of hydrogen-bond acceptors (Lipinski definition) is 6. The fourth-order valence-electron chi connectivity index (χ4n) is 2.57. The van der Waals surface area contributed by atoms with Crippen LogP contribution < -0.4 is 9.47 Å². The number of phosphoric ester groups is 1. The van der Waals surface area contributed by atoms with Crippen molar-refractivity contribution in [3.8, 4) is 11.5 Å². The Morgan fingerprint density at radius 1 is 0.667 bits per heavy atom. The SMILES string of the molecule is COc1cccc(OCCOP(=O)(OCc2ccccc2)OCc2ccccc2)c1. The highest BCUT2D eigenvalue weighted by Gasteiger charge is 2.27. The van der Waals surface area contributed by atoms with Crippen LogP contribution in [0, 0.1) is 0 Å². The average Bonchev–Trinajstić information content (AvgIpc) is 2.81. The van der Waals surface area contributed by atoms with E-state index in [1.54, 1.807) is 19.2 Å². The molecule has 0 aliphatic heterocycles. The molecule has 0 bridgehead atoms. The molecule has 0 spiro atoms. The van der Waals surface area contributed by atoms with Crippen molar-refractivity contribution < 1.29 is 27.6 Å². The lowest BCUT2D eigenvalue weighted by Crippen LogP contribution is -2.08. The average molecular weight is 428 g/mol. The summed E-state index contributed by atoms with van der Waals surface area (Å²) in [5.41, 5.74) is 1.74. The van der Waals surface area contributed by atoms with Crippen molar-refractivity contribution in [2.24, 2.45) is 0 Å². The third-order valence-corrected chi connectivity index (χ3v) is 5.50. The molecule has 0 unspecified atom stereocenters. The van der Waals surface area contributed by atoms with E-state index in [1.165, 1.54) is 0 Å². The third kappa shape index (κ3) is 7.32. The van der Waals surface area contributed by atoms with Crippen LogP contribution in [0.4, 0.5) is 0 Å². The van der Waals surface area contributed by atoms with Gasteiger partial charge in [-0.1, -0.05) is 66.7 Å². The summed E-state index contributed by atoms with van der Waals surface area (Å²) < 4.78 is 40.6. The van der Waals surface area contributed by atoms with Gasteiger partial charge in [-0.3, -0.25) is 13.6 Å². The number of phosphoric acid groups is 1. The fourth-order valence-corrected chi connectivity index (χ4v) is 3.70. The van der Waals surface area contributed by atoms with Gasteiger partial charge in [0.05, 0.1) is 26.9 Å². The molecule has 6 nitrogen and oxygen atoms in total. The van der Waals surface area contributed by atoms with Crippen molar-refractivity contribution in [2.45, 2.75) is 13.2 Å². The molecular weight excluding hydrogens is 403 g/mol. The largest absolute Gasteiger partial charge is 0.497 e. The molecule has 0 heterocycles. The van der Waals surface area contributed by atoms with Gasteiger partial charge in [0.1, 0.15) is 18.1 Å². The second-order valence-corrected chi connectivity index (χ2v) is 7.99. The number of methoxy groups -OCH3 is 1. The lowest BCUT2D eigenvalue weighted by Gasteiger charge is -2.18. The van der Waals surface area contributed by atoms with Crippen molar-refractivity contribution in [1.29, 1.82) is 0 Å². The molecule has 0 radical (unpaired) electrons. The first-order valence-corrected chi connectivity index (χ1v) is 11.0. The molecule has 0 aromatic heterocycles. The highest BCUT2D eigenvalue weighted by atomic mass is 31.2. The molecule has 0 saturated heterocycles. The molecule has 3 rings (SSSR count).